The van der Waals surface area contributed by atoms with Crippen molar-refractivity contribution in [1.29, 1.82) is 0 Å². The van der Waals surface area contributed by atoms with Crippen LogP contribution in [0.15, 0.2) is 18.2 Å². The van der Waals surface area contributed by atoms with Gasteiger partial charge in [-0.3, -0.25) is 9.59 Å². The third kappa shape index (κ3) is 5.23. The lowest BCUT2D eigenvalue weighted by molar-refractivity contribution is -0.168. The van der Waals surface area contributed by atoms with Crippen LogP contribution in [0.2, 0.25) is 18.1 Å². The number of ether oxygens (including phenoxy) is 3. The lowest BCUT2D eigenvalue weighted by atomic mass is 9.53. The summed E-state index contributed by atoms with van der Waals surface area (Å²) in [5, 5.41) is 0.0890. The van der Waals surface area contributed by atoms with E-state index in [0.717, 1.165) is 31.6 Å². The normalized spacial score (nSPS) is 29.2. The number of carbonyl (C=O) groups excluding carboxylic acids is 2. The number of hydrogen-bond donors (Lipinski definition) is 0. The van der Waals surface area contributed by atoms with Crippen molar-refractivity contribution in [3.05, 3.63) is 29.3 Å². The van der Waals surface area contributed by atoms with E-state index in [1.54, 1.807) is 13.8 Å². The van der Waals surface area contributed by atoms with E-state index in [4.69, 9.17) is 18.6 Å². The first-order chi connectivity index (χ1) is 17.3. The summed E-state index contributed by atoms with van der Waals surface area (Å²) in [7, 11) is -2.01. The van der Waals surface area contributed by atoms with Gasteiger partial charge in [0.15, 0.2) is 5.92 Å². The zero-order valence-corrected chi connectivity index (χ0v) is 25.0. The predicted octanol–water partition coefficient (Wildman–Crippen LogP) is 6.27. The second-order valence-electron chi connectivity index (χ2n) is 12.9. The van der Waals surface area contributed by atoms with Gasteiger partial charge < -0.3 is 18.6 Å². The molecule has 6 nitrogen and oxygen atoms in total. The molecule has 0 aromatic heterocycles. The Bertz CT molecular complexity index is 996. The Balaban J connectivity index is 1.78. The monoisotopic (exact) mass is 530 g/mol. The van der Waals surface area contributed by atoms with E-state index in [2.05, 4.69) is 59.0 Å². The van der Waals surface area contributed by atoms with Crippen molar-refractivity contribution in [2.24, 2.45) is 23.7 Å². The number of esters is 2. The summed E-state index contributed by atoms with van der Waals surface area (Å²) in [4.78, 5) is 26.6. The number of fused-ring (bicyclic) bond motifs is 5. The van der Waals surface area contributed by atoms with Gasteiger partial charge in [-0.2, -0.15) is 0 Å². The molecular formula is C30H46O6Si. The van der Waals surface area contributed by atoms with Gasteiger partial charge in [-0.1, -0.05) is 26.8 Å². The maximum Gasteiger partial charge on any atom is 0.320 e. The Morgan fingerprint density at radius 1 is 1.11 bits per heavy atom. The van der Waals surface area contributed by atoms with E-state index < -0.39 is 26.2 Å². The second kappa shape index (κ2) is 10.4. The molecule has 3 unspecified atom stereocenters. The van der Waals surface area contributed by atoms with Gasteiger partial charge in [0.05, 0.1) is 18.8 Å². The fraction of sp³-hybridized carbons (Fsp3) is 0.733. The molecule has 7 heteroatoms. The first-order valence-corrected chi connectivity index (χ1v) is 17.0. The molecule has 1 aromatic rings. The topological polar surface area (TPSA) is 71.1 Å². The summed E-state index contributed by atoms with van der Waals surface area (Å²) in [6, 6.07) is 6.54. The molecule has 0 spiro atoms. The summed E-state index contributed by atoms with van der Waals surface area (Å²) >= 11 is 0. The Morgan fingerprint density at radius 3 is 2.35 bits per heavy atom. The molecule has 1 aliphatic heterocycles. The van der Waals surface area contributed by atoms with E-state index >= 15 is 0 Å². The Morgan fingerprint density at radius 2 is 1.76 bits per heavy atom. The summed E-state index contributed by atoms with van der Waals surface area (Å²) in [5.41, 5.74) is 2.31. The first kappa shape index (κ1) is 28.2. The molecule has 0 bridgehead atoms. The van der Waals surface area contributed by atoms with Crippen LogP contribution in [0.25, 0.3) is 0 Å². The standard InChI is InChI=1S/C30H46O6Si/c1-9-33-27(31)26(28(32)34-10-2)23-18-19-17-20(36-37(7,8)29(3,4)5)11-12-21(19)22-13-15-30(6)24(25(22)23)14-16-35-30/h11-12,17,22-26H,9-10,13-16,18H2,1-8H3/t22?,23-,24?,25?,30+/m1/s1. The van der Waals surface area contributed by atoms with Crippen molar-refractivity contribution in [1.82, 2.24) is 0 Å². The number of rotatable bonds is 7. The molecule has 1 heterocycles. The quantitative estimate of drug-likeness (QED) is 0.235. The van der Waals surface area contributed by atoms with E-state index in [0.29, 0.717) is 12.3 Å². The molecule has 1 saturated carbocycles. The van der Waals surface area contributed by atoms with Crippen LogP contribution >= 0.6 is 0 Å². The molecule has 2 aliphatic carbocycles. The van der Waals surface area contributed by atoms with Gasteiger partial charge in [0.25, 0.3) is 0 Å². The van der Waals surface area contributed by atoms with Crippen LogP contribution < -0.4 is 4.43 Å². The highest BCUT2D eigenvalue weighted by atomic mass is 28.4. The minimum absolute atomic E-state index is 0.0890. The Hall–Kier alpha value is -1.86. The number of carbonyl (C=O) groups is 2. The van der Waals surface area contributed by atoms with Crippen LogP contribution in [0.5, 0.6) is 5.75 Å². The van der Waals surface area contributed by atoms with Crippen LogP contribution in [0.1, 0.15) is 77.8 Å². The van der Waals surface area contributed by atoms with E-state index in [9.17, 15) is 9.59 Å². The van der Waals surface area contributed by atoms with Gasteiger partial charge in [-0.15, -0.1) is 0 Å². The molecule has 4 rings (SSSR count). The average molecular weight is 531 g/mol. The van der Waals surface area contributed by atoms with E-state index in [1.807, 2.05) is 0 Å². The molecular weight excluding hydrogens is 484 g/mol. The lowest BCUT2D eigenvalue weighted by Crippen LogP contribution is -2.52. The van der Waals surface area contributed by atoms with Crippen molar-refractivity contribution in [3.63, 3.8) is 0 Å². The molecule has 206 valence electrons. The van der Waals surface area contributed by atoms with Gasteiger partial charge in [-0.25, -0.2) is 0 Å². The third-order valence-corrected chi connectivity index (χ3v) is 14.0. The maximum atomic E-state index is 13.3. The van der Waals surface area contributed by atoms with Crippen molar-refractivity contribution < 1.29 is 28.2 Å². The fourth-order valence-corrected chi connectivity index (χ4v) is 7.86. The highest BCUT2D eigenvalue weighted by Gasteiger charge is 2.57. The molecule has 1 saturated heterocycles. The molecule has 0 N–H and O–H groups in total. The largest absolute Gasteiger partial charge is 0.543 e. The summed E-state index contributed by atoms with van der Waals surface area (Å²) in [6.07, 6.45) is 3.53. The molecule has 5 atom stereocenters. The molecule has 2 fully saturated rings. The minimum Gasteiger partial charge on any atom is -0.543 e. The summed E-state index contributed by atoms with van der Waals surface area (Å²) in [5.74, 6) is -0.476. The lowest BCUT2D eigenvalue weighted by Gasteiger charge is -2.52. The van der Waals surface area contributed by atoms with Crippen LogP contribution in [-0.4, -0.2) is 45.7 Å². The molecule has 3 aliphatic rings. The smallest absolute Gasteiger partial charge is 0.320 e. The van der Waals surface area contributed by atoms with Gasteiger partial charge in [0.1, 0.15) is 5.75 Å². The van der Waals surface area contributed by atoms with E-state index in [-0.39, 0.29) is 41.6 Å². The maximum absolute atomic E-state index is 13.3. The Labute approximate surface area is 223 Å². The van der Waals surface area contributed by atoms with Crippen molar-refractivity contribution in [2.75, 3.05) is 19.8 Å². The van der Waals surface area contributed by atoms with Gasteiger partial charge >= 0.3 is 11.9 Å². The van der Waals surface area contributed by atoms with Crippen LogP contribution in [0, 0.1) is 23.7 Å². The van der Waals surface area contributed by atoms with Crippen LogP contribution in [0.4, 0.5) is 0 Å². The highest BCUT2D eigenvalue weighted by Crippen LogP contribution is 2.59. The van der Waals surface area contributed by atoms with Crippen LogP contribution in [-0.2, 0) is 30.2 Å². The molecule has 0 amide bonds. The van der Waals surface area contributed by atoms with Crippen LogP contribution in [0.3, 0.4) is 0 Å². The van der Waals surface area contributed by atoms with Crippen molar-refractivity contribution >= 4 is 20.3 Å². The van der Waals surface area contributed by atoms with Crippen molar-refractivity contribution in [3.8, 4) is 5.75 Å². The average Bonchev–Trinajstić information content (AvgIpc) is 3.20. The molecule has 1 aromatic carbocycles. The molecule has 0 radical (unpaired) electrons. The van der Waals surface area contributed by atoms with Crippen molar-refractivity contribution in [2.45, 2.75) is 96.9 Å². The first-order valence-electron chi connectivity index (χ1n) is 14.1. The fourth-order valence-electron chi connectivity index (χ4n) is 6.83. The predicted molar refractivity (Wildman–Crippen MR) is 146 cm³/mol. The zero-order chi connectivity index (χ0) is 27.2. The minimum atomic E-state index is -2.01. The van der Waals surface area contributed by atoms with E-state index in [1.165, 1.54) is 11.1 Å². The second-order valence-corrected chi connectivity index (χ2v) is 17.6. The highest BCUT2D eigenvalue weighted by molar-refractivity contribution is 6.74. The zero-order valence-electron chi connectivity index (χ0n) is 24.0. The SMILES string of the molecule is CCOC(=O)C(C(=O)OCC)[C@@H]1Cc2cc(O[Si](C)(C)C(C)(C)C)ccc2C2CC[C@]3(C)OCCC3C21. The van der Waals surface area contributed by atoms with Gasteiger partial charge in [0, 0.05) is 6.61 Å². The van der Waals surface area contributed by atoms with Gasteiger partial charge in [-0.05, 0) is 112 Å². The third-order valence-electron chi connectivity index (χ3n) is 9.68. The molecule has 37 heavy (non-hydrogen) atoms. The summed E-state index contributed by atoms with van der Waals surface area (Å²) in [6.45, 7) is 18.2. The van der Waals surface area contributed by atoms with Gasteiger partial charge in [0.2, 0.25) is 8.32 Å². The number of hydrogen-bond acceptors (Lipinski definition) is 6. The number of benzene rings is 1. The summed E-state index contributed by atoms with van der Waals surface area (Å²) < 4.78 is 23.9. The Kier molecular flexibility index (Phi) is 7.89.